The number of aromatic nitrogens is 2. The summed E-state index contributed by atoms with van der Waals surface area (Å²) in [6.07, 6.45) is 1.42. The molecule has 1 N–H and O–H groups in total. The molecule has 0 aliphatic heterocycles. The Hall–Kier alpha value is -0.300. The number of aromatic amines is 1. The van der Waals surface area contributed by atoms with E-state index in [0.29, 0.717) is 21.8 Å². The minimum atomic E-state index is -0.110. The van der Waals surface area contributed by atoms with Gasteiger partial charge in [-0.3, -0.25) is 4.79 Å². The lowest BCUT2D eigenvalue weighted by Crippen LogP contribution is -2.35. The van der Waals surface area contributed by atoms with E-state index in [0.717, 1.165) is 0 Å². The van der Waals surface area contributed by atoms with Gasteiger partial charge in [0.25, 0.3) is 5.56 Å². The fourth-order valence-corrected chi connectivity index (χ4v) is 2.06. The molecule has 15 heavy (non-hydrogen) atoms. The minimum absolute atomic E-state index is 0.110. The van der Waals surface area contributed by atoms with Gasteiger partial charge in [-0.2, -0.15) is 0 Å². The average Bonchev–Trinajstić information content (AvgIpc) is 2.19. The van der Waals surface area contributed by atoms with Crippen LogP contribution < -0.4 is 10.5 Å². The first-order valence-electron chi connectivity index (χ1n) is 4.63. The van der Waals surface area contributed by atoms with Gasteiger partial charge in [0.05, 0.1) is 6.33 Å². The number of halogens is 2. The summed E-state index contributed by atoms with van der Waals surface area (Å²) in [4.78, 5) is 20.2. The number of nitrogens with zero attached hydrogens (tertiary/aromatic N) is 2. The molecule has 6 heteroatoms. The van der Waals surface area contributed by atoms with Crippen molar-refractivity contribution in [2.75, 3.05) is 17.3 Å². The molecule has 0 amide bonds. The summed E-state index contributed by atoms with van der Waals surface area (Å²) in [6.45, 7) is 4.78. The predicted molar refractivity (Wildman–Crippen MR) is 70.8 cm³/mol. The largest absolute Gasteiger partial charge is 0.352 e. The molecule has 1 heterocycles. The summed E-state index contributed by atoms with van der Waals surface area (Å²) in [5.41, 5.74) is -0.110. The Balaban J connectivity index is 3.11. The summed E-state index contributed by atoms with van der Waals surface area (Å²) in [5, 5.41) is 0. The number of anilines is 1. The summed E-state index contributed by atoms with van der Waals surface area (Å²) in [7, 11) is 0. The molecule has 0 fully saturated rings. The zero-order valence-electron chi connectivity index (χ0n) is 8.63. The summed E-state index contributed by atoms with van der Waals surface area (Å²) < 4.78 is 0.605. The van der Waals surface area contributed by atoms with Crippen molar-refractivity contribution in [3.8, 4) is 0 Å². The van der Waals surface area contributed by atoms with Crippen molar-refractivity contribution in [2.24, 2.45) is 0 Å². The molecule has 84 valence electrons. The monoisotopic (exact) mass is 341 g/mol. The van der Waals surface area contributed by atoms with Crippen LogP contribution in [0, 0.1) is 3.57 Å². The zero-order valence-corrected chi connectivity index (χ0v) is 11.5. The third-order valence-corrected chi connectivity index (χ3v) is 3.14. The van der Waals surface area contributed by atoms with E-state index >= 15 is 0 Å². The minimum Gasteiger partial charge on any atom is -0.352 e. The van der Waals surface area contributed by atoms with Crippen LogP contribution in [0.15, 0.2) is 11.1 Å². The van der Waals surface area contributed by atoms with Crippen LogP contribution in [-0.4, -0.2) is 28.4 Å². The van der Waals surface area contributed by atoms with Gasteiger partial charge in [0.2, 0.25) is 0 Å². The highest BCUT2D eigenvalue weighted by Crippen LogP contribution is 2.17. The Morgan fingerprint density at radius 3 is 2.87 bits per heavy atom. The summed E-state index contributed by atoms with van der Waals surface area (Å²) in [6, 6.07) is 0.270. The van der Waals surface area contributed by atoms with E-state index in [2.05, 4.69) is 9.97 Å². The number of alkyl halides is 1. The van der Waals surface area contributed by atoms with Gasteiger partial charge in [0.15, 0.2) is 0 Å². The van der Waals surface area contributed by atoms with Gasteiger partial charge < -0.3 is 9.88 Å². The van der Waals surface area contributed by atoms with Gasteiger partial charge in [-0.15, -0.1) is 11.6 Å². The quantitative estimate of drug-likeness (QED) is 0.671. The van der Waals surface area contributed by atoms with Crippen LogP contribution in [0.2, 0.25) is 0 Å². The highest BCUT2D eigenvalue weighted by molar-refractivity contribution is 14.1. The van der Waals surface area contributed by atoms with Crippen LogP contribution in [0.5, 0.6) is 0 Å². The van der Waals surface area contributed by atoms with Crippen molar-refractivity contribution in [1.29, 1.82) is 0 Å². The van der Waals surface area contributed by atoms with Crippen molar-refractivity contribution in [3.63, 3.8) is 0 Å². The van der Waals surface area contributed by atoms with E-state index in [9.17, 15) is 4.79 Å². The molecule has 0 spiro atoms. The molecule has 0 bridgehead atoms. The molecule has 0 unspecified atom stereocenters. The van der Waals surface area contributed by atoms with Crippen LogP contribution >= 0.6 is 34.2 Å². The lowest BCUT2D eigenvalue weighted by molar-refractivity contribution is 0.690. The maximum atomic E-state index is 11.4. The highest BCUT2D eigenvalue weighted by Gasteiger charge is 2.15. The number of hydrogen-bond donors (Lipinski definition) is 1. The molecule has 0 radical (unpaired) electrons. The Morgan fingerprint density at radius 2 is 2.33 bits per heavy atom. The molecule has 0 aromatic carbocycles. The summed E-state index contributed by atoms with van der Waals surface area (Å²) >= 11 is 7.73. The molecular weight excluding hydrogens is 328 g/mol. The van der Waals surface area contributed by atoms with Crippen LogP contribution in [0.3, 0.4) is 0 Å². The lowest BCUT2D eigenvalue weighted by atomic mass is 10.3. The molecule has 0 atom stereocenters. The normalized spacial score (nSPS) is 10.7. The van der Waals surface area contributed by atoms with Gasteiger partial charge in [-0.05, 0) is 36.4 Å². The van der Waals surface area contributed by atoms with Gasteiger partial charge in [-0.1, -0.05) is 0 Å². The van der Waals surface area contributed by atoms with Crippen molar-refractivity contribution in [1.82, 2.24) is 9.97 Å². The number of nitrogens with one attached hydrogen (secondary N) is 1. The van der Waals surface area contributed by atoms with Crippen LogP contribution in [-0.2, 0) is 0 Å². The second kappa shape index (κ2) is 5.69. The highest BCUT2D eigenvalue weighted by atomic mass is 127. The van der Waals surface area contributed by atoms with Gasteiger partial charge >= 0.3 is 0 Å². The molecular formula is C9H13ClIN3O. The standard InChI is InChI=1S/C9H13ClIN3O/c1-6(2)14(4-3-10)8-7(11)9(15)13-5-12-8/h5-6H,3-4H2,1-2H3,(H,12,13,15). The van der Waals surface area contributed by atoms with E-state index in [-0.39, 0.29) is 11.6 Å². The molecule has 0 saturated carbocycles. The second-order valence-electron chi connectivity index (χ2n) is 3.35. The topological polar surface area (TPSA) is 49.0 Å². The molecule has 0 aliphatic rings. The first-order chi connectivity index (χ1) is 7.07. The molecule has 0 saturated heterocycles. The van der Waals surface area contributed by atoms with Crippen LogP contribution in [0.4, 0.5) is 5.82 Å². The van der Waals surface area contributed by atoms with E-state index in [1.54, 1.807) is 0 Å². The third-order valence-electron chi connectivity index (χ3n) is 2.00. The first kappa shape index (κ1) is 12.8. The molecule has 0 aliphatic carbocycles. The van der Waals surface area contributed by atoms with E-state index in [1.165, 1.54) is 6.33 Å². The zero-order chi connectivity index (χ0) is 11.4. The maximum Gasteiger partial charge on any atom is 0.266 e. The fraction of sp³-hybridized carbons (Fsp3) is 0.556. The van der Waals surface area contributed by atoms with Crippen LogP contribution in [0.25, 0.3) is 0 Å². The van der Waals surface area contributed by atoms with E-state index in [4.69, 9.17) is 11.6 Å². The molecule has 1 aromatic heterocycles. The van der Waals surface area contributed by atoms with Crippen molar-refractivity contribution in [2.45, 2.75) is 19.9 Å². The number of H-pyrrole nitrogens is 1. The SMILES string of the molecule is CC(C)N(CCCl)c1nc[nH]c(=O)c1I. The Morgan fingerprint density at radius 1 is 1.67 bits per heavy atom. The molecule has 1 aromatic rings. The maximum absolute atomic E-state index is 11.4. The fourth-order valence-electron chi connectivity index (χ4n) is 1.27. The average molecular weight is 342 g/mol. The van der Waals surface area contributed by atoms with Crippen LogP contribution in [0.1, 0.15) is 13.8 Å². The smallest absolute Gasteiger partial charge is 0.266 e. The van der Waals surface area contributed by atoms with E-state index in [1.807, 2.05) is 41.3 Å². The van der Waals surface area contributed by atoms with E-state index < -0.39 is 0 Å². The van der Waals surface area contributed by atoms with Crippen molar-refractivity contribution in [3.05, 3.63) is 20.3 Å². The Bertz CT molecular complexity index is 380. The summed E-state index contributed by atoms with van der Waals surface area (Å²) in [5.74, 6) is 1.22. The number of hydrogen-bond acceptors (Lipinski definition) is 3. The first-order valence-corrected chi connectivity index (χ1v) is 6.25. The lowest BCUT2D eigenvalue weighted by Gasteiger charge is -2.27. The molecule has 4 nitrogen and oxygen atoms in total. The molecule has 1 rings (SSSR count). The van der Waals surface area contributed by atoms with Gasteiger partial charge in [0, 0.05) is 18.5 Å². The van der Waals surface area contributed by atoms with Crippen molar-refractivity contribution >= 4 is 40.0 Å². The number of rotatable bonds is 4. The van der Waals surface area contributed by atoms with Crippen molar-refractivity contribution < 1.29 is 0 Å². The predicted octanol–water partition coefficient (Wildman–Crippen LogP) is 1.83. The Labute approximate surface area is 107 Å². The van der Waals surface area contributed by atoms with Gasteiger partial charge in [-0.25, -0.2) is 4.98 Å². The van der Waals surface area contributed by atoms with Gasteiger partial charge in [0.1, 0.15) is 9.39 Å². The Kier molecular flexibility index (Phi) is 4.85. The second-order valence-corrected chi connectivity index (χ2v) is 4.80. The third kappa shape index (κ3) is 3.07.